The van der Waals surface area contributed by atoms with E-state index in [9.17, 15) is 10.2 Å². The maximum atomic E-state index is 10.5. The Labute approximate surface area is 135 Å². The van der Waals surface area contributed by atoms with Gasteiger partial charge in [-0.1, -0.05) is 34.8 Å². The number of hydrogen-bond donors (Lipinski definition) is 2. The van der Waals surface area contributed by atoms with Gasteiger partial charge in [0.2, 0.25) is 11.8 Å². The molecule has 4 rings (SSSR count). The number of fused-ring (bicyclic) bond motifs is 5. The average Bonchev–Trinajstić information content (AvgIpc) is 3.10. The second-order valence-electron chi connectivity index (χ2n) is 5.22. The van der Waals surface area contributed by atoms with Crippen molar-refractivity contribution in [1.29, 1.82) is 0 Å². The minimum absolute atomic E-state index is 0.0378. The highest BCUT2D eigenvalue weighted by atomic mass is 35.5. The van der Waals surface area contributed by atoms with Gasteiger partial charge in [-0.05, 0) is 25.0 Å². The number of rotatable bonds is 1. The van der Waals surface area contributed by atoms with Crippen molar-refractivity contribution in [1.82, 2.24) is 4.57 Å². The van der Waals surface area contributed by atoms with Crippen LogP contribution in [-0.2, 0) is 4.74 Å². The van der Waals surface area contributed by atoms with Crippen molar-refractivity contribution in [3.05, 3.63) is 38.3 Å². The van der Waals surface area contributed by atoms with E-state index in [0.717, 1.165) is 12.8 Å². The van der Waals surface area contributed by atoms with Crippen LogP contribution in [0.15, 0.2) is 12.1 Å². The summed E-state index contributed by atoms with van der Waals surface area (Å²) in [5, 5.41) is 21.7. The van der Waals surface area contributed by atoms with Gasteiger partial charge in [0.25, 0.3) is 0 Å². The van der Waals surface area contributed by atoms with Crippen LogP contribution in [0.2, 0.25) is 15.1 Å². The molecule has 4 nitrogen and oxygen atoms in total. The van der Waals surface area contributed by atoms with E-state index in [-0.39, 0.29) is 39.0 Å². The van der Waals surface area contributed by atoms with Gasteiger partial charge in [0.05, 0.1) is 44.1 Å². The third-order valence-corrected chi connectivity index (χ3v) is 5.28. The first-order valence-electron chi connectivity index (χ1n) is 6.45. The van der Waals surface area contributed by atoms with Crippen LogP contribution >= 0.6 is 34.8 Å². The third-order valence-electron chi connectivity index (χ3n) is 4.09. The molecule has 1 aromatic carbocycles. The Morgan fingerprint density at radius 3 is 1.90 bits per heavy atom. The van der Waals surface area contributed by atoms with Crippen molar-refractivity contribution >= 4 is 34.8 Å². The van der Waals surface area contributed by atoms with Gasteiger partial charge >= 0.3 is 0 Å². The van der Waals surface area contributed by atoms with Gasteiger partial charge < -0.3 is 14.9 Å². The Morgan fingerprint density at radius 1 is 0.952 bits per heavy atom. The first kappa shape index (κ1) is 13.6. The van der Waals surface area contributed by atoms with E-state index in [0.29, 0.717) is 16.8 Å². The Hall–Kier alpha value is -1.07. The van der Waals surface area contributed by atoms with Crippen LogP contribution in [0, 0.1) is 0 Å². The molecule has 2 aliphatic heterocycles. The summed E-state index contributed by atoms with van der Waals surface area (Å²) in [6.45, 7) is 0. The fourth-order valence-corrected chi connectivity index (χ4v) is 3.78. The summed E-state index contributed by atoms with van der Waals surface area (Å²) in [5.41, 5.74) is 1.77. The third kappa shape index (κ3) is 1.73. The number of benzene rings is 1. The lowest BCUT2D eigenvalue weighted by atomic mass is 9.95. The minimum atomic E-state index is -0.157. The lowest BCUT2D eigenvalue weighted by Gasteiger charge is -2.12. The molecule has 2 aliphatic rings. The van der Waals surface area contributed by atoms with Crippen molar-refractivity contribution in [3.8, 4) is 17.4 Å². The van der Waals surface area contributed by atoms with Gasteiger partial charge in [-0.15, -0.1) is 0 Å². The summed E-state index contributed by atoms with van der Waals surface area (Å²) in [6, 6.07) is 3.10. The maximum Gasteiger partial charge on any atom is 0.205 e. The quantitative estimate of drug-likeness (QED) is 0.732. The number of ether oxygens (including phenoxy) is 1. The highest BCUT2D eigenvalue weighted by molar-refractivity contribution is 6.48. The highest BCUT2D eigenvalue weighted by Gasteiger charge is 2.45. The molecule has 110 valence electrons. The first-order valence-corrected chi connectivity index (χ1v) is 7.59. The monoisotopic (exact) mass is 345 g/mol. The van der Waals surface area contributed by atoms with E-state index in [1.165, 1.54) is 4.57 Å². The average molecular weight is 347 g/mol. The molecule has 1 fully saturated rings. The van der Waals surface area contributed by atoms with Crippen LogP contribution in [0.4, 0.5) is 0 Å². The summed E-state index contributed by atoms with van der Waals surface area (Å²) in [4.78, 5) is 0. The van der Waals surface area contributed by atoms with E-state index >= 15 is 0 Å². The second-order valence-corrected chi connectivity index (χ2v) is 6.42. The molecule has 0 aliphatic carbocycles. The van der Waals surface area contributed by atoms with Crippen LogP contribution in [0.25, 0.3) is 5.69 Å². The molecule has 2 atom stereocenters. The molecule has 21 heavy (non-hydrogen) atoms. The molecule has 2 bridgehead atoms. The highest BCUT2D eigenvalue weighted by Crippen LogP contribution is 2.58. The van der Waals surface area contributed by atoms with Crippen molar-refractivity contribution < 1.29 is 14.9 Å². The lowest BCUT2D eigenvalue weighted by Crippen LogP contribution is -1.96. The van der Waals surface area contributed by atoms with E-state index < -0.39 is 0 Å². The number of halogens is 3. The largest absolute Gasteiger partial charge is 0.494 e. The van der Waals surface area contributed by atoms with E-state index in [2.05, 4.69) is 0 Å². The molecule has 7 heteroatoms. The molecule has 0 saturated carbocycles. The molecule has 1 aromatic heterocycles. The van der Waals surface area contributed by atoms with E-state index in [1.807, 2.05) is 0 Å². The van der Waals surface area contributed by atoms with Crippen LogP contribution < -0.4 is 0 Å². The summed E-state index contributed by atoms with van der Waals surface area (Å²) in [6.07, 6.45) is 1.37. The van der Waals surface area contributed by atoms with Crippen LogP contribution in [-0.4, -0.2) is 14.8 Å². The summed E-state index contributed by atoms with van der Waals surface area (Å²) in [7, 11) is 0. The van der Waals surface area contributed by atoms with Gasteiger partial charge in [0, 0.05) is 0 Å². The Balaban J connectivity index is 1.95. The van der Waals surface area contributed by atoms with Crippen molar-refractivity contribution in [2.45, 2.75) is 25.0 Å². The zero-order valence-corrected chi connectivity index (χ0v) is 12.9. The summed E-state index contributed by atoms with van der Waals surface area (Å²) < 4.78 is 7.02. The minimum Gasteiger partial charge on any atom is -0.494 e. The second kappa shape index (κ2) is 4.46. The summed E-state index contributed by atoms with van der Waals surface area (Å²) >= 11 is 18.0. The zero-order chi connectivity index (χ0) is 14.9. The van der Waals surface area contributed by atoms with Crippen LogP contribution in [0.1, 0.15) is 36.2 Å². The van der Waals surface area contributed by atoms with E-state index in [1.54, 1.807) is 12.1 Å². The maximum absolute atomic E-state index is 10.5. The Morgan fingerprint density at radius 2 is 1.43 bits per heavy atom. The van der Waals surface area contributed by atoms with Gasteiger partial charge in [-0.2, -0.15) is 0 Å². The van der Waals surface area contributed by atoms with Gasteiger partial charge in [0.1, 0.15) is 0 Å². The SMILES string of the molecule is Oc1c2c(c(O)n1-c1cc(Cl)c(Cl)c(Cl)c1)[C@H]1CC[C@@H]2O1. The molecule has 0 unspecified atom stereocenters. The van der Waals surface area contributed by atoms with Gasteiger partial charge in [-0.25, -0.2) is 0 Å². The fourth-order valence-electron chi connectivity index (χ4n) is 3.19. The lowest BCUT2D eigenvalue weighted by molar-refractivity contribution is 0.0683. The molecule has 2 N–H and O–H groups in total. The topological polar surface area (TPSA) is 54.6 Å². The summed E-state index contributed by atoms with van der Waals surface area (Å²) in [5.74, 6) is -0.0756. The predicted molar refractivity (Wildman–Crippen MR) is 79.9 cm³/mol. The zero-order valence-electron chi connectivity index (χ0n) is 10.6. The molecule has 0 spiro atoms. The van der Waals surface area contributed by atoms with Gasteiger partial charge in [0.15, 0.2) is 0 Å². The number of aromatic nitrogens is 1. The Bertz CT molecular complexity index is 715. The van der Waals surface area contributed by atoms with Crippen LogP contribution in [0.3, 0.4) is 0 Å². The van der Waals surface area contributed by atoms with E-state index in [4.69, 9.17) is 39.5 Å². The molecule has 0 amide bonds. The number of hydrogen-bond acceptors (Lipinski definition) is 3. The molecular formula is C14H10Cl3NO3. The van der Waals surface area contributed by atoms with Gasteiger partial charge in [-0.3, -0.25) is 4.57 Å². The van der Waals surface area contributed by atoms with Crippen molar-refractivity contribution in [2.24, 2.45) is 0 Å². The number of nitrogens with zero attached hydrogens (tertiary/aromatic N) is 1. The normalized spacial score (nSPS) is 22.8. The van der Waals surface area contributed by atoms with Crippen molar-refractivity contribution in [2.75, 3.05) is 0 Å². The number of aromatic hydroxyl groups is 2. The Kier molecular flexibility index (Phi) is 2.89. The van der Waals surface area contributed by atoms with Crippen LogP contribution in [0.5, 0.6) is 11.8 Å². The standard InChI is InChI=1S/C14H10Cl3NO3/c15-6-3-5(4-7(16)12(6)17)18-13(19)10-8-1-2-9(21-8)11(10)14(18)20/h3-4,8-9,19-20H,1-2H2/t8-,9+. The van der Waals surface area contributed by atoms with Crippen molar-refractivity contribution in [3.63, 3.8) is 0 Å². The predicted octanol–water partition coefficient (Wildman–Crippen LogP) is 4.75. The fraction of sp³-hybridized carbons (Fsp3) is 0.286. The smallest absolute Gasteiger partial charge is 0.205 e. The molecule has 1 saturated heterocycles. The molecule has 0 radical (unpaired) electrons. The molecular weight excluding hydrogens is 337 g/mol. The molecule has 2 aromatic rings. The first-order chi connectivity index (χ1) is 9.99. The molecule has 3 heterocycles.